The number of hydrogen-bond donors (Lipinski definition) is 1. The molecule has 0 amide bonds. The smallest absolute Gasteiger partial charge is 0.0675 e. The van der Waals surface area contributed by atoms with E-state index in [0.717, 1.165) is 19.4 Å². The molecule has 1 aliphatic rings. The van der Waals surface area contributed by atoms with Crippen molar-refractivity contribution in [2.24, 2.45) is 10.8 Å². The molecule has 14 heavy (non-hydrogen) atoms. The maximum absolute atomic E-state index is 9.53. The van der Waals surface area contributed by atoms with Gasteiger partial charge in [-0.3, -0.25) is 0 Å². The van der Waals surface area contributed by atoms with Crippen molar-refractivity contribution in [2.75, 3.05) is 6.61 Å². The summed E-state index contributed by atoms with van der Waals surface area (Å²) in [4.78, 5) is 0. The van der Waals surface area contributed by atoms with Crippen molar-refractivity contribution in [1.29, 1.82) is 0 Å². The van der Waals surface area contributed by atoms with Crippen LogP contribution in [-0.2, 0) is 4.74 Å². The summed E-state index contributed by atoms with van der Waals surface area (Å²) in [5.74, 6) is 0. The van der Waals surface area contributed by atoms with E-state index in [4.69, 9.17) is 4.74 Å². The molecule has 2 atom stereocenters. The van der Waals surface area contributed by atoms with Crippen LogP contribution in [0.1, 0.15) is 47.5 Å². The minimum absolute atomic E-state index is 0.0438. The average Bonchev–Trinajstić information content (AvgIpc) is 2.01. The molecule has 0 radical (unpaired) electrons. The highest BCUT2D eigenvalue weighted by atomic mass is 16.5. The van der Waals surface area contributed by atoms with Crippen molar-refractivity contribution in [3.8, 4) is 0 Å². The Bertz CT molecular complexity index is 191. The van der Waals surface area contributed by atoms with Gasteiger partial charge in [0.25, 0.3) is 0 Å². The first-order valence-electron chi connectivity index (χ1n) is 5.53. The van der Waals surface area contributed by atoms with Gasteiger partial charge in [-0.1, -0.05) is 34.6 Å². The second kappa shape index (κ2) is 3.82. The fourth-order valence-electron chi connectivity index (χ4n) is 1.65. The van der Waals surface area contributed by atoms with Gasteiger partial charge >= 0.3 is 0 Å². The molecular formula is C12H24O2. The van der Waals surface area contributed by atoms with E-state index in [1.54, 1.807) is 0 Å². The molecular weight excluding hydrogens is 176 g/mol. The van der Waals surface area contributed by atoms with Crippen molar-refractivity contribution < 1.29 is 9.84 Å². The molecule has 1 saturated carbocycles. The lowest BCUT2D eigenvalue weighted by Crippen LogP contribution is -2.54. The molecule has 2 unspecified atom stereocenters. The predicted molar refractivity (Wildman–Crippen MR) is 58.2 cm³/mol. The molecule has 0 aromatic heterocycles. The van der Waals surface area contributed by atoms with Gasteiger partial charge in [0.1, 0.15) is 0 Å². The van der Waals surface area contributed by atoms with Crippen molar-refractivity contribution in [3.05, 3.63) is 0 Å². The van der Waals surface area contributed by atoms with Crippen LogP contribution in [0.25, 0.3) is 0 Å². The summed E-state index contributed by atoms with van der Waals surface area (Å²) in [7, 11) is 0. The first-order valence-corrected chi connectivity index (χ1v) is 5.53. The molecule has 0 aromatic rings. The zero-order valence-corrected chi connectivity index (χ0v) is 10.1. The summed E-state index contributed by atoms with van der Waals surface area (Å²) in [5.41, 5.74) is 0.296. The second-order valence-corrected chi connectivity index (χ2v) is 6.24. The Labute approximate surface area is 87.7 Å². The van der Waals surface area contributed by atoms with Gasteiger partial charge in [0.2, 0.25) is 0 Å². The van der Waals surface area contributed by atoms with E-state index in [9.17, 15) is 5.11 Å². The Balaban J connectivity index is 2.22. The summed E-state index contributed by atoms with van der Waals surface area (Å²) in [5, 5.41) is 9.53. The molecule has 1 rings (SSSR count). The zero-order valence-electron chi connectivity index (χ0n) is 10.1. The van der Waals surface area contributed by atoms with E-state index >= 15 is 0 Å². The molecule has 1 aliphatic carbocycles. The van der Waals surface area contributed by atoms with Gasteiger partial charge < -0.3 is 9.84 Å². The van der Waals surface area contributed by atoms with Gasteiger partial charge in [-0.15, -0.1) is 0 Å². The molecule has 2 nitrogen and oxygen atoms in total. The number of ether oxygens (including phenoxy) is 1. The van der Waals surface area contributed by atoms with E-state index < -0.39 is 0 Å². The van der Waals surface area contributed by atoms with Gasteiger partial charge in [0, 0.05) is 18.4 Å². The normalized spacial score (nSPS) is 31.3. The van der Waals surface area contributed by atoms with Crippen LogP contribution in [0.3, 0.4) is 0 Å². The molecule has 0 heterocycles. The third-order valence-corrected chi connectivity index (χ3v) is 3.30. The standard InChI is InChI=1S/C12H24O2/c1-11(2,3)6-7-14-10-8-9(13)12(10,4)5/h9-10,13H,6-8H2,1-5H3. The maximum Gasteiger partial charge on any atom is 0.0675 e. The highest BCUT2D eigenvalue weighted by molar-refractivity contribution is 4.98. The van der Waals surface area contributed by atoms with Crippen molar-refractivity contribution in [3.63, 3.8) is 0 Å². The van der Waals surface area contributed by atoms with E-state index in [0.29, 0.717) is 5.41 Å². The third-order valence-electron chi connectivity index (χ3n) is 3.30. The maximum atomic E-state index is 9.53. The first kappa shape index (κ1) is 12.0. The lowest BCUT2D eigenvalue weighted by molar-refractivity contribution is -0.177. The summed E-state index contributed by atoms with van der Waals surface area (Å²) in [6, 6.07) is 0. The van der Waals surface area contributed by atoms with Crippen LogP contribution >= 0.6 is 0 Å². The molecule has 0 saturated heterocycles. The Morgan fingerprint density at radius 1 is 1.36 bits per heavy atom. The third kappa shape index (κ3) is 2.71. The lowest BCUT2D eigenvalue weighted by Gasteiger charge is -2.48. The molecule has 0 aliphatic heterocycles. The van der Waals surface area contributed by atoms with Gasteiger partial charge in [-0.05, 0) is 11.8 Å². The Hall–Kier alpha value is -0.0800. The minimum Gasteiger partial charge on any atom is -0.392 e. The van der Waals surface area contributed by atoms with Gasteiger partial charge in [-0.25, -0.2) is 0 Å². The van der Waals surface area contributed by atoms with Crippen LogP contribution in [-0.4, -0.2) is 23.9 Å². The van der Waals surface area contributed by atoms with E-state index in [2.05, 4.69) is 34.6 Å². The van der Waals surface area contributed by atoms with Crippen LogP contribution in [0, 0.1) is 10.8 Å². The van der Waals surface area contributed by atoms with E-state index in [1.165, 1.54) is 0 Å². The molecule has 84 valence electrons. The average molecular weight is 200 g/mol. The Kier molecular flexibility index (Phi) is 3.27. The Morgan fingerprint density at radius 3 is 2.29 bits per heavy atom. The highest BCUT2D eigenvalue weighted by Crippen LogP contribution is 2.42. The van der Waals surface area contributed by atoms with Gasteiger partial charge in [0.05, 0.1) is 12.2 Å². The number of rotatable bonds is 3. The van der Waals surface area contributed by atoms with E-state index in [-0.39, 0.29) is 17.6 Å². The van der Waals surface area contributed by atoms with Crippen molar-refractivity contribution in [1.82, 2.24) is 0 Å². The fraction of sp³-hybridized carbons (Fsp3) is 1.00. The second-order valence-electron chi connectivity index (χ2n) is 6.24. The number of hydrogen-bond acceptors (Lipinski definition) is 2. The molecule has 2 heteroatoms. The van der Waals surface area contributed by atoms with Crippen LogP contribution in [0.4, 0.5) is 0 Å². The van der Waals surface area contributed by atoms with Gasteiger partial charge in [0.15, 0.2) is 0 Å². The van der Waals surface area contributed by atoms with Crippen LogP contribution in [0.2, 0.25) is 0 Å². The summed E-state index contributed by atoms with van der Waals surface area (Å²) in [6.07, 6.45) is 1.95. The first-order chi connectivity index (χ1) is 6.23. The monoisotopic (exact) mass is 200 g/mol. The summed E-state index contributed by atoms with van der Waals surface area (Å²) < 4.78 is 5.78. The van der Waals surface area contributed by atoms with E-state index in [1.807, 2.05) is 0 Å². The lowest BCUT2D eigenvalue weighted by atomic mass is 9.66. The van der Waals surface area contributed by atoms with Crippen molar-refractivity contribution in [2.45, 2.75) is 59.7 Å². The largest absolute Gasteiger partial charge is 0.392 e. The van der Waals surface area contributed by atoms with Gasteiger partial charge in [-0.2, -0.15) is 0 Å². The summed E-state index contributed by atoms with van der Waals surface area (Å²) in [6.45, 7) is 11.6. The number of aliphatic hydroxyl groups is 1. The van der Waals surface area contributed by atoms with Crippen LogP contribution < -0.4 is 0 Å². The van der Waals surface area contributed by atoms with Crippen molar-refractivity contribution >= 4 is 0 Å². The molecule has 0 aromatic carbocycles. The molecule has 0 bridgehead atoms. The topological polar surface area (TPSA) is 29.5 Å². The summed E-state index contributed by atoms with van der Waals surface area (Å²) >= 11 is 0. The zero-order chi connectivity index (χ0) is 11.0. The molecule has 1 fully saturated rings. The molecule has 0 spiro atoms. The highest BCUT2D eigenvalue weighted by Gasteiger charge is 2.48. The fourth-order valence-corrected chi connectivity index (χ4v) is 1.65. The molecule has 1 N–H and O–H groups in total. The number of aliphatic hydroxyl groups excluding tert-OH is 1. The SMILES string of the molecule is CC(C)(C)CCOC1CC(O)C1(C)C. The predicted octanol–water partition coefficient (Wildman–Crippen LogP) is 2.60. The van der Waals surface area contributed by atoms with Crippen LogP contribution in [0.15, 0.2) is 0 Å². The Morgan fingerprint density at radius 2 is 1.93 bits per heavy atom. The quantitative estimate of drug-likeness (QED) is 0.759. The van der Waals surface area contributed by atoms with Crippen LogP contribution in [0.5, 0.6) is 0 Å². The minimum atomic E-state index is -0.179.